The van der Waals surface area contributed by atoms with Crippen LogP contribution in [0.2, 0.25) is 0 Å². The molecule has 3 nitrogen and oxygen atoms in total. The normalized spacial score (nSPS) is 42.0. The molecule has 5 atom stereocenters. The Balaban J connectivity index is 1.62. The molecule has 3 fully saturated rings. The summed E-state index contributed by atoms with van der Waals surface area (Å²) in [6.45, 7) is 10.4. The molecule has 1 heterocycles. The molecule has 2 aliphatic carbocycles. The highest BCUT2D eigenvalue weighted by Crippen LogP contribution is 2.41. The van der Waals surface area contributed by atoms with E-state index in [0.717, 1.165) is 19.1 Å². The maximum Gasteiger partial charge on any atom is 0.0730 e. The lowest BCUT2D eigenvalue weighted by molar-refractivity contribution is -0.0648. The van der Waals surface area contributed by atoms with Crippen LogP contribution >= 0.6 is 0 Å². The summed E-state index contributed by atoms with van der Waals surface area (Å²) in [5, 5.41) is 0. The van der Waals surface area contributed by atoms with E-state index < -0.39 is 0 Å². The second-order valence-corrected chi connectivity index (χ2v) is 8.70. The van der Waals surface area contributed by atoms with Crippen molar-refractivity contribution in [3.63, 3.8) is 0 Å². The molecule has 0 radical (unpaired) electrons. The van der Waals surface area contributed by atoms with E-state index in [9.17, 15) is 0 Å². The van der Waals surface area contributed by atoms with Gasteiger partial charge in [-0.3, -0.25) is 4.90 Å². The van der Waals surface area contributed by atoms with Gasteiger partial charge in [0.25, 0.3) is 0 Å². The van der Waals surface area contributed by atoms with Crippen LogP contribution in [0.3, 0.4) is 0 Å². The third-order valence-electron chi connectivity index (χ3n) is 6.33. The Morgan fingerprint density at radius 1 is 1.14 bits per heavy atom. The van der Waals surface area contributed by atoms with E-state index >= 15 is 0 Å². The lowest BCUT2D eigenvalue weighted by Gasteiger charge is -2.45. The summed E-state index contributed by atoms with van der Waals surface area (Å²) in [5.41, 5.74) is 6.91. The topological polar surface area (TPSA) is 38.5 Å². The van der Waals surface area contributed by atoms with Crippen molar-refractivity contribution in [2.45, 2.75) is 77.5 Å². The molecule has 5 unspecified atom stereocenters. The van der Waals surface area contributed by atoms with Crippen molar-refractivity contribution < 1.29 is 4.74 Å². The van der Waals surface area contributed by atoms with Crippen LogP contribution in [0.25, 0.3) is 0 Å². The van der Waals surface area contributed by atoms with Gasteiger partial charge in [-0.15, -0.1) is 0 Å². The summed E-state index contributed by atoms with van der Waals surface area (Å²) in [7, 11) is 0. The van der Waals surface area contributed by atoms with Crippen molar-refractivity contribution in [1.29, 1.82) is 0 Å². The number of morpholine rings is 1. The zero-order valence-electron chi connectivity index (χ0n) is 14.2. The van der Waals surface area contributed by atoms with Crippen LogP contribution in [-0.4, -0.2) is 42.8 Å². The number of fused-ring (bicyclic) bond motifs is 1. The van der Waals surface area contributed by atoms with E-state index in [1.54, 1.807) is 0 Å². The molecule has 3 aliphatic rings. The fourth-order valence-electron chi connectivity index (χ4n) is 4.82. The molecule has 1 aliphatic heterocycles. The van der Waals surface area contributed by atoms with Gasteiger partial charge in [-0.2, -0.15) is 0 Å². The van der Waals surface area contributed by atoms with Gasteiger partial charge in [-0.05, 0) is 55.8 Å². The van der Waals surface area contributed by atoms with Crippen LogP contribution in [0.1, 0.15) is 59.3 Å². The first kappa shape index (κ1) is 15.8. The SMILES string of the molecule is CC(C)(C)C1CCC(N)C(CN2CCOC3CCCC32)C1. The Labute approximate surface area is 130 Å². The zero-order valence-corrected chi connectivity index (χ0v) is 14.2. The van der Waals surface area contributed by atoms with Crippen molar-refractivity contribution in [2.75, 3.05) is 19.7 Å². The van der Waals surface area contributed by atoms with Gasteiger partial charge in [0.15, 0.2) is 0 Å². The maximum absolute atomic E-state index is 6.48. The average Bonchev–Trinajstić information content (AvgIpc) is 2.89. The van der Waals surface area contributed by atoms with Gasteiger partial charge in [0.05, 0.1) is 12.7 Å². The first-order chi connectivity index (χ1) is 9.95. The summed E-state index contributed by atoms with van der Waals surface area (Å²) in [4.78, 5) is 2.72. The number of rotatable bonds is 2. The summed E-state index contributed by atoms with van der Waals surface area (Å²) in [6, 6.07) is 1.09. The highest BCUT2D eigenvalue weighted by Gasteiger charge is 2.40. The molecule has 0 aromatic rings. The fourth-order valence-corrected chi connectivity index (χ4v) is 4.82. The van der Waals surface area contributed by atoms with Crippen LogP contribution in [0.15, 0.2) is 0 Å². The molecule has 0 bridgehead atoms. The van der Waals surface area contributed by atoms with Gasteiger partial charge in [0.1, 0.15) is 0 Å². The minimum absolute atomic E-state index is 0.409. The second kappa shape index (κ2) is 6.17. The van der Waals surface area contributed by atoms with Gasteiger partial charge in [-0.1, -0.05) is 20.8 Å². The van der Waals surface area contributed by atoms with Crippen LogP contribution in [0.5, 0.6) is 0 Å². The van der Waals surface area contributed by atoms with Crippen LogP contribution in [0, 0.1) is 17.3 Å². The molecule has 3 rings (SSSR count). The summed E-state index contributed by atoms with van der Waals surface area (Å²) >= 11 is 0. The molecule has 0 amide bonds. The third kappa shape index (κ3) is 3.46. The van der Waals surface area contributed by atoms with Crippen LogP contribution < -0.4 is 5.73 Å². The highest BCUT2D eigenvalue weighted by molar-refractivity contribution is 4.94. The van der Waals surface area contributed by atoms with Crippen molar-refractivity contribution in [3.8, 4) is 0 Å². The Morgan fingerprint density at radius 3 is 2.71 bits per heavy atom. The Bertz CT molecular complexity index is 352. The van der Waals surface area contributed by atoms with Crippen LogP contribution in [0.4, 0.5) is 0 Å². The van der Waals surface area contributed by atoms with Crippen molar-refractivity contribution >= 4 is 0 Å². The van der Waals surface area contributed by atoms with Crippen molar-refractivity contribution in [1.82, 2.24) is 4.90 Å². The summed E-state index contributed by atoms with van der Waals surface area (Å²) in [6.07, 6.45) is 8.29. The molecular formula is C18H34N2O. The lowest BCUT2D eigenvalue weighted by atomic mass is 9.67. The number of hydrogen-bond donors (Lipinski definition) is 1. The van der Waals surface area contributed by atoms with Gasteiger partial charge < -0.3 is 10.5 Å². The standard InChI is InChI=1S/C18H34N2O/c1-18(2,3)14-7-8-15(19)13(11-14)12-20-9-10-21-17-6-4-5-16(17)20/h13-17H,4-12,19H2,1-3H3. The third-order valence-corrected chi connectivity index (χ3v) is 6.33. The van der Waals surface area contributed by atoms with Gasteiger partial charge in [-0.25, -0.2) is 0 Å². The molecule has 2 N–H and O–H groups in total. The van der Waals surface area contributed by atoms with E-state index in [1.807, 2.05) is 0 Å². The predicted octanol–water partition coefficient (Wildman–Crippen LogP) is 3.03. The van der Waals surface area contributed by atoms with Gasteiger partial charge in [0.2, 0.25) is 0 Å². The second-order valence-electron chi connectivity index (χ2n) is 8.70. The molecule has 2 saturated carbocycles. The molecule has 122 valence electrons. The number of nitrogens with zero attached hydrogens (tertiary/aromatic N) is 1. The molecule has 0 spiro atoms. The molecule has 0 aromatic carbocycles. The van der Waals surface area contributed by atoms with Crippen molar-refractivity contribution in [3.05, 3.63) is 0 Å². The van der Waals surface area contributed by atoms with Gasteiger partial charge >= 0.3 is 0 Å². The van der Waals surface area contributed by atoms with E-state index in [1.165, 1.54) is 45.1 Å². The maximum atomic E-state index is 6.48. The van der Waals surface area contributed by atoms with E-state index in [-0.39, 0.29) is 0 Å². The number of hydrogen-bond acceptors (Lipinski definition) is 3. The monoisotopic (exact) mass is 294 g/mol. The predicted molar refractivity (Wildman–Crippen MR) is 87.2 cm³/mol. The number of ether oxygens (including phenoxy) is 1. The Morgan fingerprint density at radius 2 is 1.95 bits per heavy atom. The molecule has 3 heteroatoms. The first-order valence-electron chi connectivity index (χ1n) is 9.06. The fraction of sp³-hybridized carbons (Fsp3) is 1.00. The molecule has 21 heavy (non-hydrogen) atoms. The highest BCUT2D eigenvalue weighted by atomic mass is 16.5. The summed E-state index contributed by atoms with van der Waals surface area (Å²) < 4.78 is 5.95. The van der Waals surface area contributed by atoms with Crippen LogP contribution in [-0.2, 0) is 4.74 Å². The molecule has 1 saturated heterocycles. The summed E-state index contributed by atoms with van der Waals surface area (Å²) in [5.74, 6) is 1.52. The van der Waals surface area contributed by atoms with Crippen molar-refractivity contribution in [2.24, 2.45) is 23.0 Å². The Hall–Kier alpha value is -0.120. The smallest absolute Gasteiger partial charge is 0.0730 e. The quantitative estimate of drug-likeness (QED) is 0.851. The zero-order chi connectivity index (χ0) is 15.0. The largest absolute Gasteiger partial charge is 0.375 e. The Kier molecular flexibility index (Phi) is 4.63. The first-order valence-corrected chi connectivity index (χ1v) is 9.06. The minimum Gasteiger partial charge on any atom is -0.375 e. The van der Waals surface area contributed by atoms with E-state index in [0.29, 0.717) is 29.5 Å². The lowest BCUT2D eigenvalue weighted by Crippen LogP contribution is -2.53. The van der Waals surface area contributed by atoms with E-state index in [4.69, 9.17) is 10.5 Å². The number of nitrogens with two attached hydrogens (primary N) is 1. The van der Waals surface area contributed by atoms with Gasteiger partial charge in [0, 0.05) is 25.2 Å². The van der Waals surface area contributed by atoms with E-state index in [2.05, 4.69) is 25.7 Å². The molecule has 0 aromatic heterocycles. The molecular weight excluding hydrogens is 260 g/mol. The average molecular weight is 294 g/mol. The minimum atomic E-state index is 0.409.